The van der Waals surface area contributed by atoms with E-state index in [0.717, 1.165) is 0 Å². The van der Waals surface area contributed by atoms with E-state index in [1.165, 1.54) is 19.4 Å². The molecule has 0 aliphatic rings. The first kappa shape index (κ1) is 24.0. The molecule has 0 saturated carbocycles. The van der Waals surface area contributed by atoms with Crippen molar-refractivity contribution in [3.63, 3.8) is 0 Å². The fraction of sp³-hybridized carbons (Fsp3) is 0.588. The first-order chi connectivity index (χ1) is 13.6. The largest absolute Gasteiger partial charge is 0.480 e. The van der Waals surface area contributed by atoms with Crippen LogP contribution in [0, 0.1) is 5.92 Å². The van der Waals surface area contributed by atoms with Crippen LogP contribution < -0.4 is 21.7 Å². The number of carbonyl (C=O) groups excluding carboxylic acids is 3. The molecule has 162 valence electrons. The summed E-state index contributed by atoms with van der Waals surface area (Å²) < 4.78 is 0. The van der Waals surface area contributed by atoms with E-state index in [0.29, 0.717) is 5.69 Å². The quantitative estimate of drug-likeness (QED) is 0.206. The fourth-order valence-electron chi connectivity index (χ4n) is 2.24. The first-order valence-corrected chi connectivity index (χ1v) is 9.04. The van der Waals surface area contributed by atoms with Crippen molar-refractivity contribution in [2.45, 2.75) is 51.4 Å². The molecule has 4 atom stereocenters. The number of nitrogens with one attached hydrogen (secondary N) is 4. The van der Waals surface area contributed by atoms with Crippen LogP contribution in [-0.4, -0.2) is 74.6 Å². The number of aromatic amines is 1. The molecule has 1 heterocycles. The highest BCUT2D eigenvalue weighted by atomic mass is 16.4. The van der Waals surface area contributed by atoms with Gasteiger partial charge in [0, 0.05) is 18.3 Å². The summed E-state index contributed by atoms with van der Waals surface area (Å²) in [4.78, 5) is 54.6. The number of carboxylic acids is 1. The van der Waals surface area contributed by atoms with E-state index >= 15 is 0 Å². The lowest BCUT2D eigenvalue weighted by molar-refractivity contribution is -0.142. The van der Waals surface area contributed by atoms with Crippen LogP contribution in [0.4, 0.5) is 0 Å². The number of amides is 3. The molecule has 8 N–H and O–H groups in total. The number of rotatable bonds is 11. The van der Waals surface area contributed by atoms with Crippen molar-refractivity contribution < 1.29 is 29.4 Å². The number of nitrogens with zero attached hydrogens (tertiary/aromatic N) is 1. The van der Waals surface area contributed by atoms with Gasteiger partial charge in [-0.05, 0) is 12.8 Å². The Hall–Kier alpha value is -2.99. The lowest BCUT2D eigenvalue weighted by Crippen LogP contribution is -2.58. The second kappa shape index (κ2) is 11.1. The maximum absolute atomic E-state index is 12.7. The maximum Gasteiger partial charge on any atom is 0.325 e. The van der Waals surface area contributed by atoms with Gasteiger partial charge in [-0.15, -0.1) is 0 Å². The molecule has 12 heteroatoms. The highest BCUT2D eigenvalue weighted by molar-refractivity contribution is 5.94. The Bertz CT molecular complexity index is 707. The summed E-state index contributed by atoms with van der Waals surface area (Å²) in [6.45, 7) is 3.99. The number of carbonyl (C=O) groups is 4. The van der Waals surface area contributed by atoms with Gasteiger partial charge in [-0.25, -0.2) is 4.98 Å². The van der Waals surface area contributed by atoms with E-state index in [4.69, 9.17) is 10.8 Å². The highest BCUT2D eigenvalue weighted by Gasteiger charge is 2.30. The number of aliphatic carboxylic acids is 1. The second-order valence-corrected chi connectivity index (χ2v) is 6.92. The third-order valence-corrected chi connectivity index (χ3v) is 4.18. The molecule has 0 aliphatic heterocycles. The smallest absolute Gasteiger partial charge is 0.325 e. The number of nitrogens with two attached hydrogens (primary N) is 1. The minimum Gasteiger partial charge on any atom is -0.480 e. The van der Waals surface area contributed by atoms with Gasteiger partial charge in [0.15, 0.2) is 0 Å². The molecular weight excluding hydrogens is 384 g/mol. The third-order valence-electron chi connectivity index (χ3n) is 4.18. The van der Waals surface area contributed by atoms with E-state index in [-0.39, 0.29) is 12.3 Å². The molecule has 4 unspecified atom stereocenters. The molecule has 0 aliphatic carbocycles. The Morgan fingerprint density at radius 2 is 1.66 bits per heavy atom. The summed E-state index contributed by atoms with van der Waals surface area (Å²) in [6, 6.07) is -4.56. The molecule has 3 amide bonds. The van der Waals surface area contributed by atoms with Gasteiger partial charge in [0.05, 0.1) is 19.0 Å². The lowest BCUT2D eigenvalue weighted by Gasteiger charge is -2.24. The lowest BCUT2D eigenvalue weighted by atomic mass is 10.0. The van der Waals surface area contributed by atoms with Crippen LogP contribution in [0.2, 0.25) is 0 Å². The molecule has 0 saturated heterocycles. The summed E-state index contributed by atoms with van der Waals surface area (Å²) >= 11 is 0. The molecular formula is C17H28N6O6. The third kappa shape index (κ3) is 7.50. The summed E-state index contributed by atoms with van der Waals surface area (Å²) in [5.41, 5.74) is 6.37. The Morgan fingerprint density at radius 1 is 1.07 bits per heavy atom. The van der Waals surface area contributed by atoms with Crippen LogP contribution in [-0.2, 0) is 25.6 Å². The summed E-state index contributed by atoms with van der Waals surface area (Å²) in [6.07, 6.45) is 2.91. The number of aromatic nitrogens is 2. The topological polar surface area (TPSA) is 200 Å². The van der Waals surface area contributed by atoms with E-state index < -0.39 is 54.5 Å². The summed E-state index contributed by atoms with van der Waals surface area (Å²) in [5.74, 6) is -3.61. The van der Waals surface area contributed by atoms with Crippen molar-refractivity contribution in [3.05, 3.63) is 18.2 Å². The molecule has 1 aromatic rings. The maximum atomic E-state index is 12.7. The Balaban J connectivity index is 2.89. The highest BCUT2D eigenvalue weighted by Crippen LogP contribution is 2.03. The average molecular weight is 412 g/mol. The summed E-state index contributed by atoms with van der Waals surface area (Å²) in [7, 11) is 0. The van der Waals surface area contributed by atoms with Gasteiger partial charge in [0.25, 0.3) is 0 Å². The van der Waals surface area contributed by atoms with E-state index in [2.05, 4.69) is 25.9 Å². The zero-order valence-electron chi connectivity index (χ0n) is 16.5. The molecule has 29 heavy (non-hydrogen) atoms. The number of carboxylic acid groups (broad SMARTS) is 1. The van der Waals surface area contributed by atoms with Crippen LogP contribution >= 0.6 is 0 Å². The van der Waals surface area contributed by atoms with Crippen molar-refractivity contribution >= 4 is 23.7 Å². The van der Waals surface area contributed by atoms with E-state index in [1.807, 2.05) is 0 Å². The van der Waals surface area contributed by atoms with Crippen LogP contribution in [0.1, 0.15) is 26.5 Å². The standard InChI is InChI=1S/C17H28N6O6/c1-8(2)13(18)16(27)22-11(4-10-5-19-7-20-10)14(25)23-12(6-24)15(26)21-9(3)17(28)29/h5,7-9,11-13,24H,4,6,18H2,1-3H3,(H,19,20)(H,21,26)(H,22,27)(H,23,25)(H,28,29). The number of H-pyrrole nitrogens is 1. The minimum absolute atomic E-state index is 0.0354. The minimum atomic E-state index is -1.40. The molecule has 0 fully saturated rings. The van der Waals surface area contributed by atoms with Gasteiger partial charge >= 0.3 is 5.97 Å². The predicted molar refractivity (Wildman–Crippen MR) is 101 cm³/mol. The first-order valence-electron chi connectivity index (χ1n) is 9.04. The molecule has 0 aromatic carbocycles. The molecule has 1 rings (SSSR count). The van der Waals surface area contributed by atoms with Crippen molar-refractivity contribution in [1.29, 1.82) is 0 Å². The average Bonchev–Trinajstić information content (AvgIpc) is 3.17. The fourth-order valence-corrected chi connectivity index (χ4v) is 2.24. The molecule has 12 nitrogen and oxygen atoms in total. The van der Waals surface area contributed by atoms with E-state index in [1.54, 1.807) is 13.8 Å². The zero-order chi connectivity index (χ0) is 22.1. The molecule has 0 spiro atoms. The monoisotopic (exact) mass is 412 g/mol. The zero-order valence-corrected chi connectivity index (χ0v) is 16.5. The second-order valence-electron chi connectivity index (χ2n) is 6.92. The number of imidazole rings is 1. The van der Waals surface area contributed by atoms with Gasteiger partial charge in [-0.1, -0.05) is 13.8 Å². The van der Waals surface area contributed by atoms with Gasteiger partial charge < -0.3 is 36.9 Å². The van der Waals surface area contributed by atoms with Crippen molar-refractivity contribution in [2.75, 3.05) is 6.61 Å². The number of aliphatic hydroxyl groups excluding tert-OH is 1. The van der Waals surface area contributed by atoms with Crippen molar-refractivity contribution in [3.8, 4) is 0 Å². The number of hydrogen-bond donors (Lipinski definition) is 7. The van der Waals surface area contributed by atoms with Gasteiger partial charge in [0.2, 0.25) is 17.7 Å². The van der Waals surface area contributed by atoms with Gasteiger partial charge in [-0.2, -0.15) is 0 Å². The Morgan fingerprint density at radius 3 is 2.14 bits per heavy atom. The molecule has 0 radical (unpaired) electrons. The van der Waals surface area contributed by atoms with Crippen molar-refractivity contribution in [1.82, 2.24) is 25.9 Å². The predicted octanol–water partition coefficient (Wildman–Crippen LogP) is -2.51. The van der Waals surface area contributed by atoms with Gasteiger partial charge in [-0.3, -0.25) is 19.2 Å². The number of hydrogen-bond acceptors (Lipinski definition) is 7. The summed E-state index contributed by atoms with van der Waals surface area (Å²) in [5, 5.41) is 25.3. The van der Waals surface area contributed by atoms with Gasteiger partial charge in [0.1, 0.15) is 18.1 Å². The van der Waals surface area contributed by atoms with Crippen LogP contribution in [0.3, 0.4) is 0 Å². The van der Waals surface area contributed by atoms with Crippen molar-refractivity contribution in [2.24, 2.45) is 11.7 Å². The van der Waals surface area contributed by atoms with Crippen LogP contribution in [0.5, 0.6) is 0 Å². The Kier molecular flexibility index (Phi) is 9.22. The molecule has 0 bridgehead atoms. The Labute approximate surface area is 167 Å². The SMILES string of the molecule is CC(NC(=O)C(CO)NC(=O)C(Cc1cnc[nH]1)NC(=O)C(N)C(C)C)C(=O)O. The van der Waals surface area contributed by atoms with Crippen LogP contribution in [0.15, 0.2) is 12.5 Å². The number of aliphatic hydroxyl groups is 1. The molecule has 1 aromatic heterocycles. The van der Waals surface area contributed by atoms with E-state index in [9.17, 15) is 24.3 Å². The van der Waals surface area contributed by atoms with Crippen LogP contribution in [0.25, 0.3) is 0 Å². The normalized spacial score (nSPS) is 15.1.